The summed E-state index contributed by atoms with van der Waals surface area (Å²) in [6, 6.07) is 8.45. The normalized spacial score (nSPS) is 16.8. The first kappa shape index (κ1) is 12.8. The van der Waals surface area contributed by atoms with Crippen molar-refractivity contribution in [2.24, 2.45) is 0 Å². The molecule has 94 valence electrons. The van der Waals surface area contributed by atoms with Gasteiger partial charge in [0.15, 0.2) is 0 Å². The van der Waals surface area contributed by atoms with Crippen LogP contribution in [0.3, 0.4) is 0 Å². The molecule has 0 bridgehead atoms. The Labute approximate surface area is 109 Å². The van der Waals surface area contributed by atoms with E-state index in [0.717, 1.165) is 25.0 Å². The van der Waals surface area contributed by atoms with E-state index in [1.54, 1.807) is 0 Å². The molecule has 17 heavy (non-hydrogen) atoms. The minimum atomic E-state index is 0.313. The van der Waals surface area contributed by atoms with Gasteiger partial charge in [-0.25, -0.2) is 0 Å². The monoisotopic (exact) mass is 252 g/mol. The fraction of sp³-hybridized carbons (Fsp3) is 0.600. The number of hydrogen-bond donors (Lipinski definition) is 0. The van der Waals surface area contributed by atoms with Crippen LogP contribution in [-0.2, 0) is 6.42 Å². The molecule has 1 aliphatic carbocycles. The molecule has 1 aromatic carbocycles. The largest absolute Gasteiger partial charge is 0.490 e. The lowest BCUT2D eigenvalue weighted by molar-refractivity contribution is 0.303. The average molecular weight is 253 g/mol. The van der Waals surface area contributed by atoms with E-state index in [9.17, 15) is 0 Å². The Morgan fingerprint density at radius 3 is 2.88 bits per heavy atom. The SMILES string of the molecule is CCCC(Cl)CCc1cccc(OC2CC2)c1. The van der Waals surface area contributed by atoms with Gasteiger partial charge in [0.05, 0.1) is 6.10 Å². The van der Waals surface area contributed by atoms with Crippen LogP contribution in [0.5, 0.6) is 5.75 Å². The van der Waals surface area contributed by atoms with Gasteiger partial charge in [-0.2, -0.15) is 0 Å². The Bertz CT molecular complexity index is 347. The average Bonchev–Trinajstić information content (AvgIpc) is 3.11. The van der Waals surface area contributed by atoms with E-state index in [1.807, 2.05) is 6.07 Å². The number of benzene rings is 1. The summed E-state index contributed by atoms with van der Waals surface area (Å²) >= 11 is 6.23. The van der Waals surface area contributed by atoms with Crippen LogP contribution in [-0.4, -0.2) is 11.5 Å². The van der Waals surface area contributed by atoms with Gasteiger partial charge in [0, 0.05) is 5.38 Å². The van der Waals surface area contributed by atoms with E-state index in [-0.39, 0.29) is 0 Å². The highest BCUT2D eigenvalue weighted by atomic mass is 35.5. The maximum absolute atomic E-state index is 6.23. The third-order valence-corrected chi connectivity index (χ3v) is 3.51. The molecular weight excluding hydrogens is 232 g/mol. The molecule has 0 aliphatic heterocycles. The first-order valence-corrected chi connectivity index (χ1v) is 7.11. The van der Waals surface area contributed by atoms with E-state index in [4.69, 9.17) is 16.3 Å². The highest BCUT2D eigenvalue weighted by Crippen LogP contribution is 2.27. The molecule has 0 N–H and O–H groups in total. The number of hydrogen-bond acceptors (Lipinski definition) is 1. The predicted octanol–water partition coefficient (Wildman–Crippen LogP) is 4.57. The number of alkyl halides is 1. The van der Waals surface area contributed by atoms with Crippen molar-refractivity contribution in [3.63, 3.8) is 0 Å². The zero-order valence-electron chi connectivity index (χ0n) is 10.5. The zero-order valence-corrected chi connectivity index (χ0v) is 11.2. The Balaban J connectivity index is 1.82. The van der Waals surface area contributed by atoms with Crippen molar-refractivity contribution in [2.75, 3.05) is 0 Å². The summed E-state index contributed by atoms with van der Waals surface area (Å²) in [6.07, 6.45) is 7.29. The molecule has 0 amide bonds. The summed E-state index contributed by atoms with van der Waals surface area (Å²) in [4.78, 5) is 0. The van der Waals surface area contributed by atoms with Gasteiger partial charge >= 0.3 is 0 Å². The van der Waals surface area contributed by atoms with Gasteiger partial charge in [-0.15, -0.1) is 11.6 Å². The number of ether oxygens (including phenoxy) is 1. The second kappa shape index (κ2) is 6.30. The molecule has 0 radical (unpaired) electrons. The number of rotatable bonds is 7. The quantitative estimate of drug-likeness (QED) is 0.646. The number of aryl methyl sites for hydroxylation is 1. The topological polar surface area (TPSA) is 9.23 Å². The lowest BCUT2D eigenvalue weighted by atomic mass is 10.1. The second-order valence-electron chi connectivity index (χ2n) is 4.89. The molecule has 1 saturated carbocycles. The highest BCUT2D eigenvalue weighted by molar-refractivity contribution is 6.20. The van der Waals surface area contributed by atoms with Crippen LogP contribution in [0, 0.1) is 0 Å². The Morgan fingerprint density at radius 1 is 1.35 bits per heavy atom. The molecule has 0 aromatic heterocycles. The molecule has 0 spiro atoms. The predicted molar refractivity (Wildman–Crippen MR) is 73.0 cm³/mol. The smallest absolute Gasteiger partial charge is 0.119 e. The van der Waals surface area contributed by atoms with Crippen molar-refractivity contribution in [1.29, 1.82) is 0 Å². The van der Waals surface area contributed by atoms with Crippen LogP contribution in [0.1, 0.15) is 44.6 Å². The van der Waals surface area contributed by atoms with Crippen LogP contribution < -0.4 is 4.74 Å². The molecule has 1 aliphatic rings. The Morgan fingerprint density at radius 2 is 2.18 bits per heavy atom. The van der Waals surface area contributed by atoms with Crippen molar-refractivity contribution < 1.29 is 4.74 Å². The van der Waals surface area contributed by atoms with E-state index < -0.39 is 0 Å². The van der Waals surface area contributed by atoms with Crippen molar-refractivity contribution in [3.05, 3.63) is 29.8 Å². The third kappa shape index (κ3) is 4.59. The van der Waals surface area contributed by atoms with Gasteiger partial charge in [-0.05, 0) is 49.8 Å². The van der Waals surface area contributed by atoms with E-state index >= 15 is 0 Å². The van der Waals surface area contributed by atoms with E-state index in [1.165, 1.54) is 24.8 Å². The standard InChI is InChI=1S/C15H21ClO/c1-2-4-13(16)8-7-12-5-3-6-15(11-12)17-14-9-10-14/h3,5-6,11,13-14H,2,4,7-10H2,1H3. The summed E-state index contributed by atoms with van der Waals surface area (Å²) < 4.78 is 5.79. The maximum atomic E-state index is 6.23. The van der Waals surface area contributed by atoms with E-state index in [2.05, 4.69) is 25.1 Å². The summed E-state index contributed by atoms with van der Waals surface area (Å²) in [5.74, 6) is 1.02. The molecule has 1 aromatic rings. The minimum Gasteiger partial charge on any atom is -0.490 e. The molecule has 2 heteroatoms. The maximum Gasteiger partial charge on any atom is 0.119 e. The molecule has 0 heterocycles. The van der Waals surface area contributed by atoms with Crippen molar-refractivity contribution in [1.82, 2.24) is 0 Å². The second-order valence-corrected chi connectivity index (χ2v) is 5.51. The van der Waals surface area contributed by atoms with Crippen LogP contribution in [0.15, 0.2) is 24.3 Å². The fourth-order valence-electron chi connectivity index (χ4n) is 1.93. The van der Waals surface area contributed by atoms with Crippen LogP contribution in [0.25, 0.3) is 0 Å². The van der Waals surface area contributed by atoms with Crippen LogP contribution in [0.2, 0.25) is 0 Å². The van der Waals surface area contributed by atoms with Gasteiger partial charge in [-0.1, -0.05) is 25.5 Å². The van der Waals surface area contributed by atoms with Gasteiger partial charge < -0.3 is 4.74 Å². The molecule has 1 fully saturated rings. The summed E-state index contributed by atoms with van der Waals surface area (Å²) in [7, 11) is 0. The molecule has 1 atom stereocenters. The number of halogens is 1. The third-order valence-electron chi connectivity index (χ3n) is 3.07. The minimum absolute atomic E-state index is 0.313. The molecule has 1 unspecified atom stereocenters. The van der Waals surface area contributed by atoms with Gasteiger partial charge in [0.25, 0.3) is 0 Å². The van der Waals surface area contributed by atoms with Crippen molar-refractivity contribution in [3.8, 4) is 5.75 Å². The van der Waals surface area contributed by atoms with Gasteiger partial charge in [0.1, 0.15) is 5.75 Å². The van der Waals surface area contributed by atoms with Crippen LogP contribution in [0.4, 0.5) is 0 Å². The molecule has 1 nitrogen and oxygen atoms in total. The summed E-state index contributed by atoms with van der Waals surface area (Å²) in [6.45, 7) is 2.18. The first-order chi connectivity index (χ1) is 8.28. The fourth-order valence-corrected chi connectivity index (χ4v) is 2.26. The summed E-state index contributed by atoms with van der Waals surface area (Å²) in [5, 5.41) is 0.313. The Hall–Kier alpha value is -0.690. The van der Waals surface area contributed by atoms with Gasteiger partial charge in [-0.3, -0.25) is 0 Å². The Kier molecular flexibility index (Phi) is 4.73. The zero-order chi connectivity index (χ0) is 12.1. The van der Waals surface area contributed by atoms with E-state index in [0.29, 0.717) is 11.5 Å². The lowest BCUT2D eigenvalue weighted by Crippen LogP contribution is -2.01. The summed E-state index contributed by atoms with van der Waals surface area (Å²) in [5.41, 5.74) is 1.34. The molecule has 0 saturated heterocycles. The van der Waals surface area contributed by atoms with Crippen molar-refractivity contribution in [2.45, 2.75) is 56.9 Å². The highest BCUT2D eigenvalue weighted by Gasteiger charge is 2.23. The first-order valence-electron chi connectivity index (χ1n) is 6.67. The van der Waals surface area contributed by atoms with Crippen molar-refractivity contribution >= 4 is 11.6 Å². The molecule has 2 rings (SSSR count). The van der Waals surface area contributed by atoms with Crippen LogP contribution >= 0.6 is 11.6 Å². The van der Waals surface area contributed by atoms with Gasteiger partial charge in [0.2, 0.25) is 0 Å². The lowest BCUT2D eigenvalue weighted by Gasteiger charge is -2.09. The molecular formula is C15H21ClO.